The van der Waals surface area contributed by atoms with Gasteiger partial charge in [0.1, 0.15) is 9.79 Å². The number of carboxylic acids is 2. The Hall–Kier alpha value is -2.80. The normalized spacial score (nSPS) is 11.4. The fourth-order valence-electron chi connectivity index (χ4n) is 2.41. The Labute approximate surface area is 166 Å². The summed E-state index contributed by atoms with van der Waals surface area (Å²) in [6.45, 7) is 3.46. The smallest absolute Gasteiger partial charge is 0.303 e. The predicted octanol–water partition coefficient (Wildman–Crippen LogP) is 2.00. The molecule has 12 heteroatoms. The number of hydrogen-bond acceptors (Lipinski definition) is 6. The Bertz CT molecular complexity index is 1130. The fraction of sp³-hybridized carbons (Fsp3) is 0.176. The molecule has 2 aromatic carbocycles. The summed E-state index contributed by atoms with van der Waals surface area (Å²) in [6.07, 6.45) is 0.791. The zero-order valence-corrected chi connectivity index (χ0v) is 16.5. The Morgan fingerprint density at radius 2 is 1.38 bits per heavy atom. The maximum atomic E-state index is 11.6. The van der Waals surface area contributed by atoms with Crippen molar-refractivity contribution in [2.24, 2.45) is 0 Å². The van der Waals surface area contributed by atoms with Gasteiger partial charge in [-0.2, -0.15) is 16.8 Å². The van der Waals surface area contributed by atoms with Crippen molar-refractivity contribution in [1.29, 1.82) is 0 Å². The van der Waals surface area contributed by atoms with Gasteiger partial charge in [0.15, 0.2) is 0 Å². The van der Waals surface area contributed by atoms with Gasteiger partial charge in [-0.1, -0.05) is 30.3 Å². The van der Waals surface area contributed by atoms with Crippen LogP contribution in [0.15, 0.2) is 52.8 Å². The van der Waals surface area contributed by atoms with Gasteiger partial charge in [0.25, 0.3) is 20.2 Å². The molecule has 158 valence electrons. The van der Waals surface area contributed by atoms with E-state index in [1.54, 1.807) is 12.1 Å². The minimum absolute atomic E-state index is 0.0143. The second-order valence-corrected chi connectivity index (χ2v) is 8.36. The summed E-state index contributed by atoms with van der Waals surface area (Å²) in [5.41, 5.74) is 0.0406. The van der Waals surface area contributed by atoms with E-state index in [9.17, 15) is 35.5 Å². The molecule has 0 bridgehead atoms. The molecule has 0 aliphatic carbocycles. The number of carbonyl (C=O) groups is 2. The molecular weight excluding hydrogens is 428 g/mol. The molecule has 0 atom stereocenters. The first-order valence-electron chi connectivity index (χ1n) is 7.83. The summed E-state index contributed by atoms with van der Waals surface area (Å²) < 4.78 is 65.2. The van der Waals surface area contributed by atoms with Crippen LogP contribution in [0.3, 0.4) is 0 Å². The Kier molecular flexibility index (Phi) is 8.03. The zero-order valence-electron chi connectivity index (χ0n) is 14.8. The second-order valence-electron chi connectivity index (χ2n) is 5.65. The Morgan fingerprint density at radius 3 is 1.79 bits per heavy atom. The number of allylic oxidation sites excluding steroid dienone is 1. The first kappa shape index (κ1) is 24.2. The van der Waals surface area contributed by atoms with Crippen molar-refractivity contribution in [3.8, 4) is 0 Å². The van der Waals surface area contributed by atoms with Crippen molar-refractivity contribution >= 4 is 42.9 Å². The highest BCUT2D eigenvalue weighted by Gasteiger charge is 2.29. The van der Waals surface area contributed by atoms with Crippen LogP contribution in [0, 0.1) is 0 Å². The molecule has 29 heavy (non-hydrogen) atoms. The van der Waals surface area contributed by atoms with Gasteiger partial charge in [-0.25, -0.2) is 0 Å². The first-order chi connectivity index (χ1) is 13.3. The van der Waals surface area contributed by atoms with Gasteiger partial charge < -0.3 is 10.2 Å². The molecule has 10 nitrogen and oxygen atoms in total. The second kappa shape index (κ2) is 9.60. The van der Waals surface area contributed by atoms with Crippen LogP contribution in [0.1, 0.15) is 18.4 Å². The highest BCUT2D eigenvalue weighted by atomic mass is 32.2. The number of carboxylic acid groups (broad SMARTS) is 2. The van der Waals surface area contributed by atoms with Gasteiger partial charge in [-0.3, -0.25) is 18.7 Å². The van der Waals surface area contributed by atoms with Crippen LogP contribution < -0.4 is 0 Å². The van der Waals surface area contributed by atoms with Gasteiger partial charge in [0.2, 0.25) is 0 Å². The summed E-state index contributed by atoms with van der Waals surface area (Å²) in [7, 11) is -9.71. The standard InChI is InChI=1S/C13H12O6S2.C4H6O4/c1-2-5-10-8-9-6-3-4-7-11(9)13(21(17,18)19)12(10)20(14,15)16;5-3(6)1-2-4(7)8/h2-4,6-8H,1,5H2,(H,14,15,16)(H,17,18,19);1-2H2,(H,5,6)(H,7,8). The minimum atomic E-state index is -4.86. The van der Waals surface area contributed by atoms with Gasteiger partial charge in [-0.15, -0.1) is 6.58 Å². The van der Waals surface area contributed by atoms with E-state index in [2.05, 4.69) is 6.58 Å². The molecule has 0 heterocycles. The summed E-state index contributed by atoms with van der Waals surface area (Å²) in [4.78, 5) is 17.6. The predicted molar refractivity (Wildman–Crippen MR) is 102 cm³/mol. The average Bonchev–Trinajstić information content (AvgIpc) is 2.58. The van der Waals surface area contributed by atoms with Gasteiger partial charge in [0, 0.05) is 5.39 Å². The van der Waals surface area contributed by atoms with Crippen molar-refractivity contribution in [3.63, 3.8) is 0 Å². The molecule has 0 aromatic heterocycles. The summed E-state index contributed by atoms with van der Waals surface area (Å²) in [5, 5.41) is 16.2. The molecule has 0 amide bonds. The Balaban J connectivity index is 0.000000447. The van der Waals surface area contributed by atoms with Gasteiger partial charge in [-0.05, 0) is 23.4 Å². The van der Waals surface area contributed by atoms with Crippen molar-refractivity contribution in [2.45, 2.75) is 29.1 Å². The van der Waals surface area contributed by atoms with E-state index in [0.29, 0.717) is 5.39 Å². The van der Waals surface area contributed by atoms with Crippen LogP contribution in [0.5, 0.6) is 0 Å². The molecule has 0 fully saturated rings. The highest BCUT2D eigenvalue weighted by Crippen LogP contribution is 2.33. The number of hydrogen-bond donors (Lipinski definition) is 4. The topological polar surface area (TPSA) is 183 Å². The maximum absolute atomic E-state index is 11.6. The van der Waals surface area contributed by atoms with E-state index in [0.717, 1.165) is 0 Å². The molecule has 0 unspecified atom stereocenters. The fourth-order valence-corrected chi connectivity index (χ4v) is 4.69. The molecule has 0 radical (unpaired) electrons. The number of benzene rings is 2. The lowest BCUT2D eigenvalue weighted by Gasteiger charge is -2.13. The molecule has 0 aliphatic heterocycles. The lowest BCUT2D eigenvalue weighted by atomic mass is 10.0. The summed E-state index contributed by atoms with van der Waals surface area (Å²) in [6, 6.07) is 7.50. The third kappa shape index (κ3) is 6.94. The van der Waals surface area contributed by atoms with E-state index < -0.39 is 42.0 Å². The number of aliphatic carboxylic acids is 2. The average molecular weight is 446 g/mol. The molecule has 2 rings (SSSR count). The molecule has 0 spiro atoms. The van der Waals surface area contributed by atoms with E-state index >= 15 is 0 Å². The van der Waals surface area contributed by atoms with Gasteiger partial charge in [0.05, 0.1) is 12.8 Å². The molecule has 2 aromatic rings. The lowest BCUT2D eigenvalue weighted by molar-refractivity contribution is -0.143. The van der Waals surface area contributed by atoms with Crippen LogP contribution in [0.25, 0.3) is 10.8 Å². The third-order valence-electron chi connectivity index (χ3n) is 3.47. The number of fused-ring (bicyclic) bond motifs is 1. The highest BCUT2D eigenvalue weighted by molar-refractivity contribution is 7.89. The Morgan fingerprint density at radius 1 is 0.897 bits per heavy atom. The van der Waals surface area contributed by atoms with Crippen LogP contribution in [0.2, 0.25) is 0 Å². The molecule has 0 saturated carbocycles. The number of rotatable bonds is 7. The van der Waals surface area contributed by atoms with Crippen molar-refractivity contribution in [3.05, 3.63) is 48.6 Å². The first-order valence-corrected chi connectivity index (χ1v) is 10.7. The van der Waals surface area contributed by atoms with E-state index in [-0.39, 0.29) is 30.2 Å². The van der Waals surface area contributed by atoms with E-state index in [4.69, 9.17) is 10.2 Å². The lowest BCUT2D eigenvalue weighted by Crippen LogP contribution is -2.12. The molecular formula is C17H18O10S2. The minimum Gasteiger partial charge on any atom is -0.481 e. The quantitative estimate of drug-likeness (QED) is 0.362. The van der Waals surface area contributed by atoms with E-state index in [1.165, 1.54) is 24.3 Å². The van der Waals surface area contributed by atoms with Crippen LogP contribution in [-0.2, 0) is 36.2 Å². The van der Waals surface area contributed by atoms with Gasteiger partial charge >= 0.3 is 11.9 Å². The third-order valence-corrected chi connectivity index (χ3v) is 5.52. The largest absolute Gasteiger partial charge is 0.481 e. The van der Waals surface area contributed by atoms with Crippen LogP contribution in [-0.4, -0.2) is 48.1 Å². The summed E-state index contributed by atoms with van der Waals surface area (Å²) in [5.74, 6) is -2.15. The molecule has 0 aliphatic rings. The summed E-state index contributed by atoms with van der Waals surface area (Å²) >= 11 is 0. The van der Waals surface area contributed by atoms with Crippen molar-refractivity contribution in [2.75, 3.05) is 0 Å². The van der Waals surface area contributed by atoms with Crippen molar-refractivity contribution in [1.82, 2.24) is 0 Å². The SMILES string of the molecule is C=CCc1cc2ccccc2c(S(=O)(=O)O)c1S(=O)(=O)O.O=C(O)CCC(=O)O. The monoisotopic (exact) mass is 446 g/mol. The van der Waals surface area contributed by atoms with Crippen LogP contribution >= 0.6 is 0 Å². The molecule has 0 saturated heterocycles. The molecule has 4 N–H and O–H groups in total. The van der Waals surface area contributed by atoms with E-state index in [1.807, 2.05) is 0 Å². The zero-order chi connectivity index (χ0) is 22.4. The maximum Gasteiger partial charge on any atom is 0.303 e. The van der Waals surface area contributed by atoms with Crippen LogP contribution in [0.4, 0.5) is 0 Å². The van der Waals surface area contributed by atoms with Crippen molar-refractivity contribution < 1.29 is 45.7 Å².